The lowest BCUT2D eigenvalue weighted by molar-refractivity contribution is -0.139. The average molecular weight is 392 g/mol. The van der Waals surface area contributed by atoms with Gasteiger partial charge in [-0.1, -0.05) is 29.8 Å². The lowest BCUT2D eigenvalue weighted by Crippen LogP contribution is -2.41. The minimum Gasteiger partial charge on any atom is -0.481 e. The van der Waals surface area contributed by atoms with E-state index in [2.05, 4.69) is 5.32 Å². The van der Waals surface area contributed by atoms with Crippen molar-refractivity contribution in [1.29, 1.82) is 0 Å². The van der Waals surface area contributed by atoms with E-state index < -0.39 is 6.10 Å². The molecule has 0 spiro atoms. The molecule has 0 heterocycles. The minimum atomic E-state index is -0.540. The number of nitrogens with zero attached hydrogens (tertiary/aromatic N) is 1. The molecule has 0 saturated heterocycles. The molecular weight excluding hydrogens is 364 g/mol. The van der Waals surface area contributed by atoms with E-state index in [-0.39, 0.29) is 17.9 Å². The molecule has 1 N–H and O–H groups in total. The van der Waals surface area contributed by atoms with Crippen LogP contribution in [0.3, 0.4) is 0 Å². The van der Waals surface area contributed by atoms with Gasteiger partial charge in [-0.15, -0.1) is 0 Å². The number of nitrogens with one attached hydrogen (secondary N) is 1. The van der Waals surface area contributed by atoms with Crippen molar-refractivity contribution in [3.8, 4) is 5.75 Å². The fourth-order valence-electron chi connectivity index (χ4n) is 3.33. The first-order chi connectivity index (χ1) is 14.0. The zero-order valence-corrected chi connectivity index (χ0v) is 17.1. The van der Waals surface area contributed by atoms with Crippen LogP contribution in [0.2, 0.25) is 0 Å². The molecule has 2 aliphatic carbocycles. The molecule has 0 radical (unpaired) electrons. The van der Waals surface area contributed by atoms with Crippen LogP contribution in [-0.4, -0.2) is 34.9 Å². The van der Waals surface area contributed by atoms with Crippen LogP contribution in [0.4, 0.5) is 0 Å². The third kappa shape index (κ3) is 5.17. The van der Waals surface area contributed by atoms with Gasteiger partial charge in [-0.2, -0.15) is 0 Å². The molecule has 2 aromatic rings. The number of amides is 2. The van der Waals surface area contributed by atoms with Gasteiger partial charge in [0.25, 0.3) is 11.8 Å². The summed E-state index contributed by atoms with van der Waals surface area (Å²) in [7, 11) is 0. The number of carbonyl (C=O) groups is 2. The summed E-state index contributed by atoms with van der Waals surface area (Å²) in [4.78, 5) is 27.1. The lowest BCUT2D eigenvalue weighted by atomic mass is 10.1. The van der Waals surface area contributed by atoms with E-state index in [1.54, 1.807) is 0 Å². The van der Waals surface area contributed by atoms with Crippen LogP contribution < -0.4 is 10.1 Å². The number of rotatable bonds is 8. The van der Waals surface area contributed by atoms with Crippen molar-refractivity contribution in [3.63, 3.8) is 0 Å². The molecular formula is C24H28N2O3. The van der Waals surface area contributed by atoms with Crippen LogP contribution in [-0.2, 0) is 11.3 Å². The van der Waals surface area contributed by atoms with Gasteiger partial charge < -0.3 is 15.0 Å². The van der Waals surface area contributed by atoms with E-state index in [1.807, 2.05) is 67.3 Å². The largest absolute Gasteiger partial charge is 0.481 e. The molecule has 152 valence electrons. The molecule has 0 aliphatic heterocycles. The predicted molar refractivity (Wildman–Crippen MR) is 112 cm³/mol. The van der Waals surface area contributed by atoms with Crippen molar-refractivity contribution in [3.05, 3.63) is 65.2 Å². The van der Waals surface area contributed by atoms with Crippen molar-refractivity contribution in [1.82, 2.24) is 10.2 Å². The smallest absolute Gasteiger partial charge is 0.263 e. The molecule has 2 fully saturated rings. The van der Waals surface area contributed by atoms with Crippen LogP contribution in [0.5, 0.6) is 5.75 Å². The molecule has 1 atom stereocenters. The first-order valence-electron chi connectivity index (χ1n) is 10.4. The molecule has 2 aliphatic rings. The maximum Gasteiger partial charge on any atom is 0.263 e. The lowest BCUT2D eigenvalue weighted by Gasteiger charge is -2.26. The van der Waals surface area contributed by atoms with Crippen molar-refractivity contribution < 1.29 is 14.3 Å². The summed E-state index contributed by atoms with van der Waals surface area (Å²) in [6, 6.07) is 15.9. The van der Waals surface area contributed by atoms with Crippen LogP contribution in [0.15, 0.2) is 48.5 Å². The van der Waals surface area contributed by atoms with Crippen molar-refractivity contribution >= 4 is 11.8 Å². The maximum absolute atomic E-state index is 13.0. The van der Waals surface area contributed by atoms with E-state index >= 15 is 0 Å². The molecule has 0 aromatic heterocycles. The zero-order valence-electron chi connectivity index (χ0n) is 17.1. The topological polar surface area (TPSA) is 58.6 Å². The summed E-state index contributed by atoms with van der Waals surface area (Å²) in [6.45, 7) is 4.37. The highest BCUT2D eigenvalue weighted by Gasteiger charge is 2.35. The molecule has 2 amide bonds. The molecule has 4 rings (SSSR count). The molecule has 5 heteroatoms. The zero-order chi connectivity index (χ0) is 20.4. The van der Waals surface area contributed by atoms with Crippen molar-refractivity contribution in [2.45, 2.75) is 64.3 Å². The van der Waals surface area contributed by atoms with E-state index in [4.69, 9.17) is 4.74 Å². The maximum atomic E-state index is 13.0. The molecule has 2 saturated carbocycles. The van der Waals surface area contributed by atoms with Crippen molar-refractivity contribution in [2.24, 2.45) is 0 Å². The Morgan fingerprint density at radius 3 is 2.28 bits per heavy atom. The standard InChI is InChI=1S/C24H28N2O3/c1-16-3-13-22(14-4-16)29-17(2)24(28)26(21-11-12-21)15-18-5-7-19(8-6-18)23(27)25-20-9-10-20/h3-8,13-14,17,20-21H,9-12,15H2,1-2H3,(H,25,27). The predicted octanol–water partition coefficient (Wildman–Crippen LogP) is 3.85. The fraction of sp³-hybridized carbons (Fsp3) is 0.417. The van der Waals surface area contributed by atoms with Gasteiger partial charge in [-0.3, -0.25) is 9.59 Å². The Labute approximate surface area is 172 Å². The highest BCUT2D eigenvalue weighted by atomic mass is 16.5. The quantitative estimate of drug-likeness (QED) is 0.742. The fourth-order valence-corrected chi connectivity index (χ4v) is 3.33. The van der Waals surface area contributed by atoms with Gasteiger partial charge >= 0.3 is 0 Å². The van der Waals surface area contributed by atoms with Crippen LogP contribution in [0.25, 0.3) is 0 Å². The number of hydrogen-bond donors (Lipinski definition) is 1. The molecule has 2 aromatic carbocycles. The number of carbonyl (C=O) groups excluding carboxylic acids is 2. The molecule has 1 unspecified atom stereocenters. The summed E-state index contributed by atoms with van der Waals surface area (Å²) in [6.07, 6.45) is 3.67. The van der Waals surface area contributed by atoms with Gasteiger partial charge in [0.15, 0.2) is 6.10 Å². The van der Waals surface area contributed by atoms with E-state index in [0.29, 0.717) is 23.9 Å². The molecule has 5 nitrogen and oxygen atoms in total. The number of benzene rings is 2. The van der Waals surface area contributed by atoms with E-state index in [9.17, 15) is 9.59 Å². The Kier molecular flexibility index (Phi) is 5.56. The van der Waals surface area contributed by atoms with Gasteiger partial charge in [0, 0.05) is 24.2 Å². The first kappa shape index (κ1) is 19.5. The summed E-state index contributed by atoms with van der Waals surface area (Å²) in [5.74, 6) is 0.691. The Morgan fingerprint density at radius 2 is 1.69 bits per heavy atom. The highest BCUT2D eigenvalue weighted by molar-refractivity contribution is 5.94. The minimum absolute atomic E-state index is 0.00336. The normalized spacial score (nSPS) is 16.8. The Balaban J connectivity index is 1.38. The van der Waals surface area contributed by atoms with Crippen LogP contribution in [0, 0.1) is 6.92 Å². The van der Waals surface area contributed by atoms with Gasteiger partial charge in [0.2, 0.25) is 0 Å². The second kappa shape index (κ2) is 8.27. The third-order valence-corrected chi connectivity index (χ3v) is 5.43. The summed E-state index contributed by atoms with van der Waals surface area (Å²) >= 11 is 0. The van der Waals surface area contributed by atoms with E-state index in [0.717, 1.165) is 36.8 Å². The Bertz CT molecular complexity index is 868. The number of aryl methyl sites for hydroxylation is 1. The van der Waals surface area contributed by atoms with Gasteiger partial charge in [-0.25, -0.2) is 0 Å². The summed E-state index contributed by atoms with van der Waals surface area (Å²) in [5.41, 5.74) is 2.85. The van der Waals surface area contributed by atoms with Gasteiger partial charge in [-0.05, 0) is 69.4 Å². The summed E-state index contributed by atoms with van der Waals surface area (Å²) in [5, 5.41) is 3.00. The van der Waals surface area contributed by atoms with Gasteiger partial charge in [0.1, 0.15) is 5.75 Å². The van der Waals surface area contributed by atoms with Crippen LogP contribution in [0.1, 0.15) is 54.1 Å². The average Bonchev–Trinajstić information content (AvgIpc) is 3.62. The molecule has 0 bridgehead atoms. The highest BCUT2D eigenvalue weighted by Crippen LogP contribution is 2.29. The Hall–Kier alpha value is -2.82. The van der Waals surface area contributed by atoms with E-state index in [1.165, 1.54) is 0 Å². The molecule has 29 heavy (non-hydrogen) atoms. The SMILES string of the molecule is Cc1ccc(OC(C)C(=O)N(Cc2ccc(C(=O)NC3CC3)cc2)C2CC2)cc1. The first-order valence-corrected chi connectivity index (χ1v) is 10.4. The second-order valence-corrected chi connectivity index (χ2v) is 8.22. The number of hydrogen-bond acceptors (Lipinski definition) is 3. The summed E-state index contributed by atoms with van der Waals surface area (Å²) < 4.78 is 5.88. The Morgan fingerprint density at radius 1 is 1.03 bits per heavy atom. The van der Waals surface area contributed by atoms with Gasteiger partial charge in [0.05, 0.1) is 0 Å². The van der Waals surface area contributed by atoms with Crippen LogP contribution >= 0.6 is 0 Å². The van der Waals surface area contributed by atoms with Crippen molar-refractivity contribution in [2.75, 3.05) is 0 Å². The monoisotopic (exact) mass is 392 g/mol. The third-order valence-electron chi connectivity index (χ3n) is 5.43. The number of ether oxygens (including phenoxy) is 1. The second-order valence-electron chi connectivity index (χ2n) is 8.22.